The first kappa shape index (κ1) is 20.5. The Morgan fingerprint density at radius 3 is 2.18 bits per heavy atom. The quantitative estimate of drug-likeness (QED) is 0.728. The van der Waals surface area contributed by atoms with E-state index in [-0.39, 0.29) is 23.3 Å². The Kier molecular flexibility index (Phi) is 6.50. The van der Waals surface area contributed by atoms with Gasteiger partial charge in [0.1, 0.15) is 5.82 Å². The van der Waals surface area contributed by atoms with E-state index in [9.17, 15) is 9.18 Å². The van der Waals surface area contributed by atoms with Gasteiger partial charge in [-0.25, -0.2) is 4.39 Å². The summed E-state index contributed by atoms with van der Waals surface area (Å²) in [6, 6.07) is 17.6. The van der Waals surface area contributed by atoms with Crippen LogP contribution in [0.4, 0.5) is 4.39 Å². The van der Waals surface area contributed by atoms with E-state index in [0.717, 1.165) is 37.7 Å². The molecule has 1 saturated carbocycles. The first-order valence-corrected chi connectivity index (χ1v) is 10.2. The number of rotatable bonds is 6. The molecular formula is C24H31FN2O. The fourth-order valence-electron chi connectivity index (χ4n) is 4.63. The molecule has 2 aromatic carbocycles. The lowest BCUT2D eigenvalue weighted by Gasteiger charge is -2.47. The third kappa shape index (κ3) is 4.44. The second kappa shape index (κ2) is 8.87. The van der Waals surface area contributed by atoms with Gasteiger partial charge in [0.05, 0.1) is 0 Å². The fourth-order valence-corrected chi connectivity index (χ4v) is 4.63. The number of nitrogens with zero attached hydrogens (tertiary/aromatic N) is 2. The van der Waals surface area contributed by atoms with Crippen LogP contribution in [-0.2, 0) is 16.8 Å². The van der Waals surface area contributed by atoms with E-state index in [4.69, 9.17) is 0 Å². The van der Waals surface area contributed by atoms with Crippen molar-refractivity contribution in [2.45, 2.75) is 50.6 Å². The van der Waals surface area contributed by atoms with Crippen LogP contribution in [0.25, 0.3) is 0 Å². The van der Waals surface area contributed by atoms with Gasteiger partial charge >= 0.3 is 0 Å². The summed E-state index contributed by atoms with van der Waals surface area (Å²) < 4.78 is 13.1. The minimum Gasteiger partial charge on any atom is -0.340 e. The zero-order chi connectivity index (χ0) is 20.1. The zero-order valence-electron chi connectivity index (χ0n) is 17.2. The molecule has 0 atom stereocenters. The summed E-state index contributed by atoms with van der Waals surface area (Å²) in [6.07, 6.45) is 4.82. The highest BCUT2D eigenvalue weighted by Crippen LogP contribution is 2.42. The molecule has 150 valence electrons. The first-order chi connectivity index (χ1) is 13.4. The molecule has 1 fully saturated rings. The average molecular weight is 383 g/mol. The van der Waals surface area contributed by atoms with E-state index in [1.54, 1.807) is 19.1 Å². The zero-order valence-corrected chi connectivity index (χ0v) is 17.2. The van der Waals surface area contributed by atoms with Crippen LogP contribution in [0.3, 0.4) is 0 Å². The Morgan fingerprint density at radius 2 is 1.64 bits per heavy atom. The molecule has 0 N–H and O–H groups in total. The molecule has 0 heterocycles. The Bertz CT molecular complexity index is 765. The van der Waals surface area contributed by atoms with Crippen LogP contribution < -0.4 is 0 Å². The molecule has 0 unspecified atom stereocenters. The van der Waals surface area contributed by atoms with Crippen LogP contribution in [0.5, 0.6) is 0 Å². The summed E-state index contributed by atoms with van der Waals surface area (Å²) in [4.78, 5) is 16.7. The van der Waals surface area contributed by atoms with Crippen molar-refractivity contribution in [1.29, 1.82) is 0 Å². The van der Waals surface area contributed by atoms with Gasteiger partial charge in [0.25, 0.3) is 0 Å². The van der Waals surface area contributed by atoms with Crippen molar-refractivity contribution < 1.29 is 9.18 Å². The van der Waals surface area contributed by atoms with E-state index in [0.29, 0.717) is 6.54 Å². The molecule has 4 heteroatoms. The minimum absolute atomic E-state index is 0.0389. The molecule has 3 rings (SSSR count). The molecule has 0 bridgehead atoms. The predicted octanol–water partition coefficient (Wildman–Crippen LogP) is 4.62. The lowest BCUT2D eigenvalue weighted by Crippen LogP contribution is -2.50. The smallest absolute Gasteiger partial charge is 0.219 e. The van der Waals surface area contributed by atoms with Crippen molar-refractivity contribution >= 4 is 5.91 Å². The molecule has 1 aliphatic carbocycles. The molecule has 1 aliphatic rings. The summed E-state index contributed by atoms with van der Waals surface area (Å²) in [5.74, 6) is -0.0930. The van der Waals surface area contributed by atoms with Crippen molar-refractivity contribution in [2.24, 2.45) is 0 Å². The van der Waals surface area contributed by atoms with Gasteiger partial charge in [-0.15, -0.1) is 0 Å². The third-order valence-electron chi connectivity index (χ3n) is 6.35. The number of hydrogen-bond acceptors (Lipinski definition) is 2. The van der Waals surface area contributed by atoms with Crippen molar-refractivity contribution in [3.63, 3.8) is 0 Å². The summed E-state index contributed by atoms with van der Waals surface area (Å²) in [6.45, 7) is 2.35. The Morgan fingerprint density at radius 1 is 1.04 bits per heavy atom. The van der Waals surface area contributed by atoms with Crippen LogP contribution in [0, 0.1) is 5.82 Å². The number of halogens is 1. The largest absolute Gasteiger partial charge is 0.340 e. The Balaban J connectivity index is 1.68. The molecule has 0 saturated heterocycles. The van der Waals surface area contributed by atoms with Crippen LogP contribution in [0.15, 0.2) is 54.6 Å². The second-order valence-corrected chi connectivity index (χ2v) is 8.11. The van der Waals surface area contributed by atoms with Crippen LogP contribution in [0.1, 0.15) is 43.7 Å². The van der Waals surface area contributed by atoms with Crippen molar-refractivity contribution in [3.05, 3.63) is 71.5 Å². The van der Waals surface area contributed by atoms with Gasteiger partial charge in [-0.3, -0.25) is 9.69 Å². The molecular weight excluding hydrogens is 351 g/mol. The van der Waals surface area contributed by atoms with Gasteiger partial charge < -0.3 is 4.90 Å². The summed E-state index contributed by atoms with van der Waals surface area (Å²) >= 11 is 0. The van der Waals surface area contributed by atoms with Crippen LogP contribution >= 0.6 is 0 Å². The van der Waals surface area contributed by atoms with Crippen LogP contribution in [0.2, 0.25) is 0 Å². The van der Waals surface area contributed by atoms with Gasteiger partial charge in [0.2, 0.25) is 5.91 Å². The highest BCUT2D eigenvalue weighted by molar-refractivity contribution is 5.73. The number of hydrogen-bond donors (Lipinski definition) is 0. The van der Waals surface area contributed by atoms with Gasteiger partial charge in [-0.2, -0.15) is 0 Å². The molecule has 2 aromatic rings. The van der Waals surface area contributed by atoms with Crippen molar-refractivity contribution in [2.75, 3.05) is 20.6 Å². The van der Waals surface area contributed by atoms with Gasteiger partial charge in [-0.1, -0.05) is 42.5 Å². The Hall–Kier alpha value is -2.20. The van der Waals surface area contributed by atoms with Crippen LogP contribution in [-0.4, -0.2) is 42.4 Å². The van der Waals surface area contributed by atoms with Crippen molar-refractivity contribution in [3.8, 4) is 0 Å². The fraction of sp³-hybridized carbons (Fsp3) is 0.458. The highest BCUT2D eigenvalue weighted by atomic mass is 19.1. The monoisotopic (exact) mass is 382 g/mol. The topological polar surface area (TPSA) is 23.6 Å². The summed E-state index contributed by atoms with van der Waals surface area (Å²) in [7, 11) is 4.31. The molecule has 0 spiro atoms. The lowest BCUT2D eigenvalue weighted by atomic mass is 9.73. The van der Waals surface area contributed by atoms with E-state index >= 15 is 0 Å². The maximum atomic E-state index is 13.1. The SMILES string of the molecule is CC(=O)N(CCc1ccc(F)cc1)C1CCC(c2ccccc2)(N(C)C)CC1. The summed E-state index contributed by atoms with van der Waals surface area (Å²) in [5, 5.41) is 0. The molecule has 0 aliphatic heterocycles. The first-order valence-electron chi connectivity index (χ1n) is 10.2. The molecule has 28 heavy (non-hydrogen) atoms. The van der Waals surface area contributed by atoms with Gasteiger partial charge in [-0.05, 0) is 69.5 Å². The Labute approximate surface area is 168 Å². The minimum atomic E-state index is -0.222. The maximum Gasteiger partial charge on any atom is 0.219 e. The molecule has 1 amide bonds. The summed E-state index contributed by atoms with van der Waals surface area (Å²) in [5.41, 5.74) is 2.46. The highest BCUT2D eigenvalue weighted by Gasteiger charge is 2.40. The van der Waals surface area contributed by atoms with Gasteiger partial charge in [0.15, 0.2) is 0 Å². The standard InChI is InChI=1S/C24H31FN2O/c1-19(28)27(18-15-20-9-11-22(25)12-10-20)23-13-16-24(17-14-23,26(2)3)21-7-5-4-6-8-21/h4-12,23H,13-18H2,1-3H3. The number of carbonyl (C=O) groups excluding carboxylic acids is 1. The van der Waals surface area contributed by atoms with Crippen molar-refractivity contribution in [1.82, 2.24) is 9.80 Å². The third-order valence-corrected chi connectivity index (χ3v) is 6.35. The average Bonchev–Trinajstić information content (AvgIpc) is 2.70. The molecule has 3 nitrogen and oxygen atoms in total. The molecule has 0 aromatic heterocycles. The lowest BCUT2D eigenvalue weighted by molar-refractivity contribution is -0.132. The van der Waals surface area contributed by atoms with E-state index in [1.807, 2.05) is 4.90 Å². The second-order valence-electron chi connectivity index (χ2n) is 8.11. The number of benzene rings is 2. The number of carbonyl (C=O) groups is 1. The van der Waals surface area contributed by atoms with E-state index in [2.05, 4.69) is 49.3 Å². The number of amides is 1. The predicted molar refractivity (Wildman–Crippen MR) is 112 cm³/mol. The van der Waals surface area contributed by atoms with E-state index in [1.165, 1.54) is 17.7 Å². The maximum absolute atomic E-state index is 13.1. The molecule has 0 radical (unpaired) electrons. The van der Waals surface area contributed by atoms with E-state index < -0.39 is 0 Å². The van der Waals surface area contributed by atoms with Gasteiger partial charge in [0, 0.05) is 25.0 Å². The normalized spacial score (nSPS) is 22.2.